The van der Waals surface area contributed by atoms with Crippen molar-refractivity contribution in [3.63, 3.8) is 0 Å². The number of nitrogens with two attached hydrogens (primary N) is 1. The number of ether oxygens (including phenoxy) is 1. The molecule has 0 aromatic heterocycles. The summed E-state index contributed by atoms with van der Waals surface area (Å²) in [5.74, 6) is -1.25. The number of carbonyl (C=O) groups excluding carboxylic acids is 2. The van der Waals surface area contributed by atoms with Crippen molar-refractivity contribution in [3.05, 3.63) is 147 Å². The smallest absolute Gasteiger partial charge is 0.272 e. The largest absolute Gasteiger partial charge is 0.505 e. The summed E-state index contributed by atoms with van der Waals surface area (Å²) in [5.41, 5.74) is 4.92. The Bertz CT molecular complexity index is 2550. The van der Waals surface area contributed by atoms with Crippen LogP contribution >= 0.6 is 23.2 Å². The van der Waals surface area contributed by atoms with Crippen LogP contribution in [0.3, 0.4) is 0 Å². The fraction of sp³-hybridized carbons (Fsp3) is 0.150. The van der Waals surface area contributed by atoms with E-state index in [-0.39, 0.29) is 67.7 Å². The number of phenolic OH excluding ortho intramolecular Hbond substituents is 2. The number of amides is 2. The number of hydrogen-bond donors (Lipinski definition) is 6. The van der Waals surface area contributed by atoms with Gasteiger partial charge in [0.2, 0.25) is 0 Å². The highest BCUT2D eigenvalue weighted by molar-refractivity contribution is 6.32. The van der Waals surface area contributed by atoms with Crippen molar-refractivity contribution in [1.29, 1.82) is 0 Å². The number of nitrogen functional groups attached to an aromatic ring is 1. The minimum absolute atomic E-state index is 0.00956. The van der Waals surface area contributed by atoms with Crippen LogP contribution in [-0.2, 0) is 0 Å². The van der Waals surface area contributed by atoms with Crippen LogP contribution < -0.4 is 48.1 Å². The summed E-state index contributed by atoms with van der Waals surface area (Å²) in [6.07, 6.45) is 0. The third-order valence-corrected chi connectivity index (χ3v) is 8.30. The average molecular weight is 818 g/mol. The first-order valence-electron chi connectivity index (χ1n) is 16.9. The van der Waals surface area contributed by atoms with Crippen molar-refractivity contribution in [1.82, 2.24) is 9.80 Å². The summed E-state index contributed by atoms with van der Waals surface area (Å²) in [7, 11) is 6.24. The molecule has 0 radical (unpaired) electrons. The molecule has 7 N–H and O–H groups in total. The Morgan fingerprint density at radius 3 is 1.53 bits per heavy atom. The Morgan fingerprint density at radius 2 is 1.05 bits per heavy atom. The summed E-state index contributed by atoms with van der Waals surface area (Å²) >= 11 is 11.8. The number of hydrogen-bond acceptors (Lipinski definition) is 13. The Kier molecular flexibility index (Phi) is 14.0. The first-order chi connectivity index (χ1) is 27.0. The van der Waals surface area contributed by atoms with Crippen LogP contribution in [0.2, 0.25) is 10.0 Å². The summed E-state index contributed by atoms with van der Waals surface area (Å²) in [5, 5.41) is 28.9. The molecule has 0 heterocycles. The zero-order chi connectivity index (χ0) is 42.1. The molecule has 6 aromatic carbocycles. The van der Waals surface area contributed by atoms with Crippen molar-refractivity contribution < 1.29 is 24.5 Å². The lowest BCUT2D eigenvalue weighted by Crippen LogP contribution is -2.35. The van der Waals surface area contributed by atoms with Gasteiger partial charge in [-0.05, 0) is 55.5 Å². The van der Waals surface area contributed by atoms with E-state index < -0.39 is 27.6 Å². The normalized spacial score (nSPS) is 10.4. The summed E-state index contributed by atoms with van der Waals surface area (Å²) in [6, 6.07) is 23.5. The van der Waals surface area contributed by atoms with E-state index >= 15 is 0 Å². The Hall–Kier alpha value is -6.84. The van der Waals surface area contributed by atoms with Gasteiger partial charge in [0.05, 0.1) is 29.1 Å². The molecule has 0 bridgehead atoms. The molecule has 15 nitrogen and oxygen atoms in total. The quantitative estimate of drug-likeness (QED) is 0.0565. The second-order valence-corrected chi connectivity index (χ2v) is 13.3. The highest BCUT2D eigenvalue weighted by Crippen LogP contribution is 2.36. The third kappa shape index (κ3) is 10.1. The monoisotopic (exact) mass is 816 g/mol. The van der Waals surface area contributed by atoms with Crippen LogP contribution in [0.5, 0.6) is 17.2 Å². The van der Waals surface area contributed by atoms with Crippen LogP contribution in [0.1, 0.15) is 27.6 Å². The van der Waals surface area contributed by atoms with Crippen LogP contribution in [-0.4, -0.2) is 66.6 Å². The number of rotatable bonds is 10. The van der Waals surface area contributed by atoms with E-state index in [9.17, 15) is 39.0 Å². The maximum atomic E-state index is 12.2. The van der Waals surface area contributed by atoms with Gasteiger partial charge in [-0.25, -0.2) is 0 Å². The van der Waals surface area contributed by atoms with Crippen molar-refractivity contribution in [3.8, 4) is 17.2 Å². The van der Waals surface area contributed by atoms with E-state index in [1.807, 2.05) is 36.4 Å². The second-order valence-electron chi connectivity index (χ2n) is 12.5. The standard InChI is InChI=1S/C19H16ClN3O4.C12H11NO3.C9H11ClN2O2/c1-23(2)19(27)12-8-10(20)9-13(16(12)24)22-15-14(17(25)18(15)26)21-11-6-4-3-5-7-11;1-2-16-12-9(10(14)11(12)15)13-8-6-4-3-5-7-8;1-12(2)9(14)6-3-5(10)4-7(11)8(6)13/h3-9,21-22,24H,1-2H3;3-7,13H,2H2,1H3;3-4,13H,11H2,1-2H3. The number of aromatic hydroxyl groups is 2. The van der Waals surface area contributed by atoms with Gasteiger partial charge in [0, 0.05) is 49.6 Å². The van der Waals surface area contributed by atoms with Gasteiger partial charge < -0.3 is 46.4 Å². The number of phenols is 2. The summed E-state index contributed by atoms with van der Waals surface area (Å²) < 4.78 is 5.09. The maximum Gasteiger partial charge on any atom is 0.272 e. The first-order valence-corrected chi connectivity index (χ1v) is 17.7. The number of benzene rings is 4. The van der Waals surface area contributed by atoms with Crippen LogP contribution in [0.4, 0.5) is 39.8 Å². The molecule has 0 atom stereocenters. The Balaban J connectivity index is 0.000000205. The van der Waals surface area contributed by atoms with Crippen molar-refractivity contribution in [2.24, 2.45) is 0 Å². The average Bonchev–Trinajstić information content (AvgIpc) is 3.20. The lowest BCUT2D eigenvalue weighted by molar-refractivity contribution is 0.0817. The number of carbonyl (C=O) groups is 2. The van der Waals surface area contributed by atoms with Crippen LogP contribution in [0.15, 0.2) is 104 Å². The first kappa shape index (κ1) is 42.9. The molecule has 296 valence electrons. The van der Waals surface area contributed by atoms with Gasteiger partial charge in [-0.3, -0.25) is 28.8 Å². The molecular formula is C40H38Cl2N6O9. The zero-order valence-electron chi connectivity index (χ0n) is 31.3. The molecular weight excluding hydrogens is 779 g/mol. The van der Waals surface area contributed by atoms with E-state index in [0.29, 0.717) is 17.3 Å². The summed E-state index contributed by atoms with van der Waals surface area (Å²) in [6.45, 7) is 2.14. The minimum atomic E-state index is -0.728. The highest BCUT2D eigenvalue weighted by atomic mass is 35.5. The van der Waals surface area contributed by atoms with Crippen molar-refractivity contribution in [2.75, 3.05) is 56.5 Å². The molecule has 0 saturated heterocycles. The van der Waals surface area contributed by atoms with Crippen LogP contribution in [0, 0.1) is 0 Å². The van der Waals surface area contributed by atoms with E-state index in [0.717, 1.165) is 5.69 Å². The third-order valence-electron chi connectivity index (χ3n) is 7.86. The van der Waals surface area contributed by atoms with Crippen molar-refractivity contribution >= 4 is 74.8 Å². The number of para-hydroxylation sites is 2. The van der Waals surface area contributed by atoms with Gasteiger partial charge in [-0.15, -0.1) is 0 Å². The molecule has 0 aliphatic rings. The molecule has 0 aliphatic heterocycles. The number of nitrogens with zero attached hydrogens (tertiary/aromatic N) is 2. The number of nitrogens with one attached hydrogen (secondary N) is 3. The molecule has 0 aliphatic carbocycles. The fourth-order valence-electron chi connectivity index (χ4n) is 4.99. The van der Waals surface area contributed by atoms with E-state index in [1.165, 1.54) is 48.2 Å². The molecule has 6 rings (SSSR count). The van der Waals surface area contributed by atoms with E-state index in [4.69, 9.17) is 33.7 Å². The summed E-state index contributed by atoms with van der Waals surface area (Å²) in [4.78, 5) is 72.7. The SMILES string of the molecule is CCOc1c(Nc2ccccc2)c(=O)c1=O.CN(C)C(=O)c1cc(Cl)cc(N)c1O.CN(C)C(=O)c1cc(Cl)cc(Nc2c(Nc3ccccc3)c(=O)c2=O)c1O. The van der Waals surface area contributed by atoms with Gasteiger partial charge in [0.1, 0.15) is 17.1 Å². The highest BCUT2D eigenvalue weighted by Gasteiger charge is 2.25. The Labute approximate surface area is 335 Å². The number of halogens is 2. The molecule has 57 heavy (non-hydrogen) atoms. The maximum absolute atomic E-state index is 12.2. The second kappa shape index (κ2) is 18.7. The fourth-order valence-corrected chi connectivity index (χ4v) is 5.43. The topological polar surface area (TPSA) is 221 Å². The van der Waals surface area contributed by atoms with Crippen LogP contribution in [0.25, 0.3) is 0 Å². The van der Waals surface area contributed by atoms with Gasteiger partial charge >= 0.3 is 0 Å². The molecule has 6 aromatic rings. The molecule has 0 spiro atoms. The molecule has 0 unspecified atom stereocenters. The van der Waals surface area contributed by atoms with Gasteiger partial charge in [-0.1, -0.05) is 59.6 Å². The van der Waals surface area contributed by atoms with E-state index in [1.54, 1.807) is 45.3 Å². The Morgan fingerprint density at radius 1 is 0.632 bits per heavy atom. The van der Waals surface area contributed by atoms with E-state index in [2.05, 4.69) is 16.0 Å². The lowest BCUT2D eigenvalue weighted by Gasteiger charge is -2.18. The van der Waals surface area contributed by atoms with Gasteiger partial charge in [-0.2, -0.15) is 0 Å². The molecule has 2 amide bonds. The molecule has 0 saturated carbocycles. The van der Waals surface area contributed by atoms with Gasteiger partial charge in [0.25, 0.3) is 33.5 Å². The minimum Gasteiger partial charge on any atom is -0.505 e. The predicted octanol–water partition coefficient (Wildman–Crippen LogP) is 5.59. The lowest BCUT2D eigenvalue weighted by atomic mass is 10.1. The predicted molar refractivity (Wildman–Crippen MR) is 223 cm³/mol. The molecule has 0 fully saturated rings. The zero-order valence-corrected chi connectivity index (χ0v) is 32.8. The van der Waals surface area contributed by atoms with Crippen molar-refractivity contribution in [2.45, 2.75) is 6.92 Å². The number of anilines is 7. The van der Waals surface area contributed by atoms with Gasteiger partial charge in [0.15, 0.2) is 17.2 Å². The molecule has 17 heteroatoms.